The van der Waals surface area contributed by atoms with Crippen LogP contribution in [0.2, 0.25) is 0 Å². The van der Waals surface area contributed by atoms with Crippen LogP contribution in [-0.4, -0.2) is 49.9 Å². The molecule has 1 fully saturated rings. The maximum atomic E-state index is 13.0. The van der Waals surface area contributed by atoms with Gasteiger partial charge in [-0.15, -0.1) is 0 Å². The second-order valence-electron chi connectivity index (χ2n) is 10.5. The molecule has 0 bridgehead atoms. The van der Waals surface area contributed by atoms with E-state index in [1.54, 1.807) is 17.0 Å². The first-order valence-electron chi connectivity index (χ1n) is 14.1. The molecular weight excluding hydrogens is 604 g/mol. The van der Waals surface area contributed by atoms with Gasteiger partial charge in [-0.2, -0.15) is 0 Å². The van der Waals surface area contributed by atoms with Crippen LogP contribution in [0.1, 0.15) is 42.0 Å². The van der Waals surface area contributed by atoms with E-state index in [0.29, 0.717) is 36.9 Å². The Morgan fingerprint density at radius 1 is 0.822 bits per heavy atom. The molecule has 1 saturated heterocycles. The Bertz CT molecular complexity index is 1520. The van der Waals surface area contributed by atoms with Gasteiger partial charge in [-0.25, -0.2) is 9.59 Å². The molecule has 4 rings (SSSR count). The minimum atomic E-state index is -0.614. The van der Waals surface area contributed by atoms with E-state index in [0.717, 1.165) is 11.1 Å². The number of nitrogens with zero attached hydrogens (tertiary/aromatic N) is 3. The molecule has 2 atom stereocenters. The zero-order valence-corrected chi connectivity index (χ0v) is 25.3. The van der Waals surface area contributed by atoms with Gasteiger partial charge in [-0.3, -0.25) is 25.0 Å². The van der Waals surface area contributed by atoms with Crippen LogP contribution in [0.5, 0.6) is 0 Å². The quantitative estimate of drug-likeness (QED) is 0.186. The molecule has 0 spiro atoms. The molecule has 1 aliphatic heterocycles. The largest absolute Gasteiger partial charge is 0.445 e. The lowest BCUT2D eigenvalue weighted by molar-refractivity contribution is -0.385. The first-order chi connectivity index (χ1) is 21.6. The van der Waals surface area contributed by atoms with Crippen LogP contribution >= 0.6 is 11.8 Å². The number of hydrogen-bond acceptors (Lipinski definition) is 10. The summed E-state index contributed by atoms with van der Waals surface area (Å²) in [5, 5.41) is 24.2. The van der Waals surface area contributed by atoms with E-state index in [9.17, 15) is 34.6 Å². The van der Waals surface area contributed by atoms with Gasteiger partial charge in [0.15, 0.2) is 5.12 Å². The lowest BCUT2D eigenvalue weighted by Gasteiger charge is -2.24. The fourth-order valence-corrected chi connectivity index (χ4v) is 5.90. The molecule has 45 heavy (non-hydrogen) atoms. The summed E-state index contributed by atoms with van der Waals surface area (Å²) in [6, 6.07) is 19.1. The number of ether oxygens (including phenoxy) is 2. The Morgan fingerprint density at radius 3 is 1.87 bits per heavy atom. The highest BCUT2D eigenvalue weighted by atomic mass is 32.2. The third-order valence-corrected chi connectivity index (χ3v) is 8.20. The second-order valence-corrected chi connectivity index (χ2v) is 11.9. The number of alkyl carbamates (subject to hydrolysis) is 1. The van der Waals surface area contributed by atoms with E-state index in [2.05, 4.69) is 5.32 Å². The van der Waals surface area contributed by atoms with Gasteiger partial charge in [-0.1, -0.05) is 36.0 Å². The van der Waals surface area contributed by atoms with Gasteiger partial charge in [0.2, 0.25) is 0 Å². The summed E-state index contributed by atoms with van der Waals surface area (Å²) in [6.07, 6.45) is 0.887. The molecule has 3 aromatic rings. The van der Waals surface area contributed by atoms with Crippen LogP contribution < -0.4 is 5.32 Å². The molecule has 1 aliphatic rings. The third-order valence-electron chi connectivity index (χ3n) is 7.20. The standard InChI is InChI=1S/C31H32N4O9S/c1-21(36)45-29-16-28(33(18-29)31(38)44-20-25-9-13-27(14-10-25)35(41)42)15-6-22-2-4-23(5-3-22)17-32-30(37)43-19-24-7-11-26(12-8-24)34(39)40/h2-5,7-14,28-29H,6,15-20H2,1H3,(H,32,37)/t28-,29-/m0/s1. The normalized spacial score (nSPS) is 15.7. The van der Waals surface area contributed by atoms with Crippen molar-refractivity contribution in [3.05, 3.63) is 115 Å². The molecule has 1 heterocycles. The predicted molar refractivity (Wildman–Crippen MR) is 165 cm³/mol. The van der Waals surface area contributed by atoms with Gasteiger partial charge in [0, 0.05) is 55.6 Å². The summed E-state index contributed by atoms with van der Waals surface area (Å²) < 4.78 is 10.7. The monoisotopic (exact) mass is 636 g/mol. The van der Waals surface area contributed by atoms with Gasteiger partial charge in [0.05, 0.1) is 9.85 Å². The average molecular weight is 637 g/mol. The van der Waals surface area contributed by atoms with E-state index in [4.69, 9.17) is 9.47 Å². The van der Waals surface area contributed by atoms with Crippen LogP contribution in [0.25, 0.3) is 0 Å². The van der Waals surface area contributed by atoms with E-state index in [1.807, 2.05) is 24.3 Å². The highest BCUT2D eigenvalue weighted by Gasteiger charge is 2.36. The van der Waals surface area contributed by atoms with Crippen molar-refractivity contribution in [3.8, 4) is 0 Å². The average Bonchev–Trinajstić information content (AvgIpc) is 3.43. The van der Waals surface area contributed by atoms with Crippen molar-refractivity contribution in [3.63, 3.8) is 0 Å². The number of benzene rings is 3. The number of nitro groups is 2. The Morgan fingerprint density at radius 2 is 1.33 bits per heavy atom. The molecule has 1 N–H and O–H groups in total. The van der Waals surface area contributed by atoms with Crippen LogP contribution in [-0.2, 0) is 40.4 Å². The van der Waals surface area contributed by atoms with Crippen LogP contribution in [0.4, 0.5) is 21.0 Å². The number of nitro benzene ring substituents is 2. The molecule has 0 aromatic heterocycles. The predicted octanol–water partition coefficient (Wildman–Crippen LogP) is 5.92. The number of carbonyl (C=O) groups is 3. The molecular formula is C31H32N4O9S. The molecule has 0 unspecified atom stereocenters. The van der Waals surface area contributed by atoms with Crippen molar-refractivity contribution in [1.29, 1.82) is 0 Å². The summed E-state index contributed by atoms with van der Waals surface area (Å²) in [5.74, 6) is 0. The van der Waals surface area contributed by atoms with Gasteiger partial charge in [0.25, 0.3) is 11.4 Å². The van der Waals surface area contributed by atoms with Crippen molar-refractivity contribution in [1.82, 2.24) is 10.2 Å². The Kier molecular flexibility index (Phi) is 11.5. The third kappa shape index (κ3) is 10.0. The lowest BCUT2D eigenvalue weighted by atomic mass is 10.0. The Balaban J connectivity index is 1.24. The maximum Gasteiger partial charge on any atom is 0.410 e. The number of carbonyl (C=O) groups excluding carboxylic acids is 3. The number of amides is 2. The van der Waals surface area contributed by atoms with Gasteiger partial charge in [0.1, 0.15) is 13.2 Å². The number of hydrogen-bond donors (Lipinski definition) is 1. The van der Waals surface area contributed by atoms with Gasteiger partial charge in [-0.05, 0) is 65.8 Å². The first kappa shape index (κ1) is 32.9. The number of non-ortho nitro benzene ring substituents is 2. The van der Waals surface area contributed by atoms with Crippen molar-refractivity contribution in [2.45, 2.75) is 57.2 Å². The molecule has 0 saturated carbocycles. The number of nitrogens with one attached hydrogen (secondary N) is 1. The first-order valence-corrected chi connectivity index (χ1v) is 15.0. The summed E-state index contributed by atoms with van der Waals surface area (Å²) in [4.78, 5) is 59.1. The summed E-state index contributed by atoms with van der Waals surface area (Å²) in [7, 11) is 0. The summed E-state index contributed by atoms with van der Waals surface area (Å²) in [6.45, 7) is 2.10. The highest BCUT2D eigenvalue weighted by Crippen LogP contribution is 2.31. The molecule has 236 valence electrons. The molecule has 2 amide bonds. The van der Waals surface area contributed by atoms with Gasteiger partial charge < -0.3 is 19.7 Å². The lowest BCUT2D eigenvalue weighted by Crippen LogP contribution is -2.36. The maximum absolute atomic E-state index is 13.0. The molecule has 0 aliphatic carbocycles. The fraction of sp³-hybridized carbons (Fsp3) is 0.323. The van der Waals surface area contributed by atoms with E-state index in [-0.39, 0.29) is 47.5 Å². The van der Waals surface area contributed by atoms with Crippen molar-refractivity contribution < 1.29 is 33.7 Å². The van der Waals surface area contributed by atoms with Crippen molar-refractivity contribution >= 4 is 40.4 Å². The number of thioether (sulfide) groups is 1. The molecule has 13 nitrogen and oxygen atoms in total. The summed E-state index contributed by atoms with van der Waals surface area (Å²) >= 11 is 1.22. The van der Waals surface area contributed by atoms with E-state index in [1.165, 1.54) is 55.1 Å². The van der Waals surface area contributed by atoms with Gasteiger partial charge >= 0.3 is 12.2 Å². The van der Waals surface area contributed by atoms with Crippen molar-refractivity contribution in [2.75, 3.05) is 6.54 Å². The fourth-order valence-electron chi connectivity index (χ4n) is 4.88. The molecule has 0 radical (unpaired) electrons. The smallest absolute Gasteiger partial charge is 0.410 e. The molecule has 3 aromatic carbocycles. The zero-order chi connectivity index (χ0) is 32.3. The Hall–Kier alpha value is -4.98. The minimum absolute atomic E-state index is 0.0146. The SMILES string of the molecule is CC(=O)S[C@H]1C[C@H](CCc2ccc(CNC(=O)OCc3ccc([N+](=O)[O-])cc3)cc2)N(C(=O)OCc2ccc([N+](=O)[O-])cc2)C1. The number of likely N-dealkylation sites (tertiary alicyclic amines) is 1. The minimum Gasteiger partial charge on any atom is -0.445 e. The van der Waals surface area contributed by atoms with Crippen LogP contribution in [0.3, 0.4) is 0 Å². The van der Waals surface area contributed by atoms with E-state index >= 15 is 0 Å². The number of rotatable bonds is 12. The highest BCUT2D eigenvalue weighted by molar-refractivity contribution is 8.14. The zero-order valence-electron chi connectivity index (χ0n) is 24.5. The second kappa shape index (κ2) is 15.7. The van der Waals surface area contributed by atoms with Crippen LogP contribution in [0.15, 0.2) is 72.8 Å². The molecule has 14 heteroatoms. The topological polar surface area (TPSA) is 171 Å². The van der Waals surface area contributed by atoms with Crippen LogP contribution in [0, 0.1) is 20.2 Å². The van der Waals surface area contributed by atoms with Crippen molar-refractivity contribution in [2.24, 2.45) is 0 Å². The van der Waals surface area contributed by atoms with E-state index < -0.39 is 22.0 Å². The summed E-state index contributed by atoms with van der Waals surface area (Å²) in [5.41, 5.74) is 3.08. The number of aryl methyl sites for hydroxylation is 1. The Labute approximate surface area is 263 Å².